The first-order valence-electron chi connectivity index (χ1n) is 8.50. The zero-order valence-electron chi connectivity index (χ0n) is 13.9. The van der Waals surface area contributed by atoms with E-state index in [9.17, 15) is 18.0 Å². The highest BCUT2D eigenvalue weighted by atomic mass is 19.4. The third-order valence-electron chi connectivity index (χ3n) is 4.43. The van der Waals surface area contributed by atoms with Gasteiger partial charge in [-0.25, -0.2) is 4.98 Å². The molecule has 0 spiro atoms. The first-order valence-corrected chi connectivity index (χ1v) is 8.50. The molecule has 1 amide bonds. The van der Waals surface area contributed by atoms with Gasteiger partial charge in [0.2, 0.25) is 0 Å². The summed E-state index contributed by atoms with van der Waals surface area (Å²) in [6, 6.07) is 2.87. The fraction of sp³-hybridized carbons (Fsp3) is 0.529. The number of alkyl halides is 3. The van der Waals surface area contributed by atoms with Gasteiger partial charge in [-0.1, -0.05) is 12.8 Å². The lowest BCUT2D eigenvalue weighted by molar-refractivity contribution is -0.140. The number of amides is 1. The Bertz CT molecular complexity index is 733. The maximum absolute atomic E-state index is 12.7. The van der Waals surface area contributed by atoms with E-state index in [2.05, 4.69) is 15.2 Å². The van der Waals surface area contributed by atoms with Crippen molar-refractivity contribution in [3.63, 3.8) is 0 Å². The maximum Gasteiger partial charge on any atom is 0.434 e. The first kappa shape index (κ1) is 17.7. The number of carbonyl (C=O) groups is 1. The molecule has 1 N–H and O–H groups in total. The first-order chi connectivity index (χ1) is 11.9. The van der Waals surface area contributed by atoms with Gasteiger partial charge in [0.25, 0.3) is 5.91 Å². The maximum atomic E-state index is 12.7. The summed E-state index contributed by atoms with van der Waals surface area (Å²) in [6.07, 6.45) is 2.72. The lowest BCUT2D eigenvalue weighted by atomic mass is 10.2. The zero-order chi connectivity index (χ0) is 17.9. The molecule has 3 heterocycles. The van der Waals surface area contributed by atoms with Crippen molar-refractivity contribution in [3.05, 3.63) is 35.8 Å². The van der Waals surface area contributed by atoms with E-state index >= 15 is 0 Å². The summed E-state index contributed by atoms with van der Waals surface area (Å²) in [7, 11) is 0. The van der Waals surface area contributed by atoms with E-state index in [1.165, 1.54) is 48.4 Å². The minimum absolute atomic E-state index is 0.104. The standard InChI is InChI=1S/C17H21F3N4O/c18-17(19,20)14-12-24-9-5-13(11-15(24)22-14)16(25)21-6-10-23-7-3-1-2-4-8-23/h5,9,11-12H,1-4,6-8,10H2,(H,21,25). The summed E-state index contributed by atoms with van der Waals surface area (Å²) < 4.78 is 39.4. The number of halogens is 3. The second-order valence-corrected chi connectivity index (χ2v) is 6.32. The molecule has 0 unspecified atom stereocenters. The highest BCUT2D eigenvalue weighted by Crippen LogP contribution is 2.28. The van der Waals surface area contributed by atoms with Gasteiger partial charge < -0.3 is 14.6 Å². The van der Waals surface area contributed by atoms with Gasteiger partial charge in [0.15, 0.2) is 5.69 Å². The SMILES string of the molecule is O=C(NCCN1CCCCCC1)c1ccn2cc(C(F)(F)F)nc2c1. The van der Waals surface area contributed by atoms with Crippen LogP contribution in [0, 0.1) is 0 Å². The molecule has 8 heteroatoms. The molecule has 0 aromatic carbocycles. The second-order valence-electron chi connectivity index (χ2n) is 6.32. The summed E-state index contributed by atoms with van der Waals surface area (Å²) in [5, 5.41) is 2.83. The smallest absolute Gasteiger partial charge is 0.351 e. The summed E-state index contributed by atoms with van der Waals surface area (Å²) in [6.45, 7) is 3.41. The van der Waals surface area contributed by atoms with Gasteiger partial charge in [0.1, 0.15) is 5.65 Å². The van der Waals surface area contributed by atoms with E-state index in [4.69, 9.17) is 0 Å². The van der Waals surface area contributed by atoms with Gasteiger partial charge in [0, 0.05) is 31.0 Å². The molecule has 25 heavy (non-hydrogen) atoms. The number of imidazole rings is 1. The second kappa shape index (κ2) is 7.43. The molecule has 0 saturated carbocycles. The van der Waals surface area contributed by atoms with Gasteiger partial charge >= 0.3 is 6.18 Å². The minimum atomic E-state index is -4.50. The summed E-state index contributed by atoms with van der Waals surface area (Å²) in [5.74, 6) is -0.297. The van der Waals surface area contributed by atoms with Gasteiger partial charge in [-0.15, -0.1) is 0 Å². The molecule has 0 radical (unpaired) electrons. The molecule has 2 aromatic heterocycles. The predicted molar refractivity (Wildman–Crippen MR) is 87.4 cm³/mol. The number of pyridine rings is 1. The van der Waals surface area contributed by atoms with Crippen molar-refractivity contribution < 1.29 is 18.0 Å². The van der Waals surface area contributed by atoms with E-state index in [0.717, 1.165) is 25.8 Å². The number of aromatic nitrogens is 2. The lowest BCUT2D eigenvalue weighted by Crippen LogP contribution is -2.35. The van der Waals surface area contributed by atoms with Gasteiger partial charge in [-0.3, -0.25) is 4.79 Å². The molecule has 136 valence electrons. The van der Waals surface area contributed by atoms with Crippen LogP contribution in [0.15, 0.2) is 24.5 Å². The van der Waals surface area contributed by atoms with Crippen LogP contribution in [0.3, 0.4) is 0 Å². The molecule has 0 aliphatic carbocycles. The number of likely N-dealkylation sites (tertiary alicyclic amines) is 1. The van der Waals surface area contributed by atoms with Crippen LogP contribution < -0.4 is 5.32 Å². The van der Waals surface area contributed by atoms with E-state index in [1.807, 2.05) is 0 Å². The van der Waals surface area contributed by atoms with Crippen LogP contribution in [0.4, 0.5) is 13.2 Å². The fourth-order valence-electron chi connectivity index (χ4n) is 3.05. The van der Waals surface area contributed by atoms with E-state index in [-0.39, 0.29) is 11.6 Å². The predicted octanol–water partition coefficient (Wildman–Crippen LogP) is 2.96. The molecule has 1 aliphatic rings. The molecule has 1 saturated heterocycles. The lowest BCUT2D eigenvalue weighted by Gasteiger charge is -2.19. The van der Waals surface area contributed by atoms with Crippen LogP contribution in [-0.4, -0.2) is 46.4 Å². The number of hydrogen-bond acceptors (Lipinski definition) is 3. The minimum Gasteiger partial charge on any atom is -0.351 e. The number of rotatable bonds is 4. The molecule has 1 aliphatic heterocycles. The van der Waals surface area contributed by atoms with E-state index in [0.29, 0.717) is 12.1 Å². The van der Waals surface area contributed by atoms with Crippen molar-refractivity contribution >= 4 is 11.6 Å². The summed E-state index contributed by atoms with van der Waals surface area (Å²) >= 11 is 0. The zero-order valence-corrected chi connectivity index (χ0v) is 13.9. The van der Waals surface area contributed by atoms with Crippen LogP contribution in [0.5, 0.6) is 0 Å². The monoisotopic (exact) mass is 354 g/mol. The molecule has 0 atom stereocenters. The van der Waals surface area contributed by atoms with Gasteiger partial charge in [0.05, 0.1) is 0 Å². The molecule has 1 fully saturated rings. The molecular weight excluding hydrogens is 333 g/mol. The molecule has 3 rings (SSSR count). The van der Waals surface area contributed by atoms with Crippen LogP contribution in [0.1, 0.15) is 41.7 Å². The largest absolute Gasteiger partial charge is 0.434 e. The number of nitrogens with one attached hydrogen (secondary N) is 1. The quantitative estimate of drug-likeness (QED) is 0.918. The van der Waals surface area contributed by atoms with Crippen molar-refractivity contribution in [1.82, 2.24) is 19.6 Å². The average Bonchev–Trinajstić information content (AvgIpc) is 2.84. The van der Waals surface area contributed by atoms with Crippen molar-refractivity contribution in [2.24, 2.45) is 0 Å². The van der Waals surface area contributed by atoms with Crippen LogP contribution in [0.2, 0.25) is 0 Å². The van der Waals surface area contributed by atoms with Crippen molar-refractivity contribution in [2.75, 3.05) is 26.2 Å². The topological polar surface area (TPSA) is 49.6 Å². The number of fused-ring (bicyclic) bond motifs is 1. The third kappa shape index (κ3) is 4.50. The Balaban J connectivity index is 1.59. The summed E-state index contributed by atoms with van der Waals surface area (Å²) in [5.41, 5.74) is -0.554. The van der Waals surface area contributed by atoms with E-state index in [1.54, 1.807) is 0 Å². The number of nitrogens with zero attached hydrogens (tertiary/aromatic N) is 3. The highest BCUT2D eigenvalue weighted by Gasteiger charge is 2.33. The van der Waals surface area contributed by atoms with Crippen LogP contribution in [0.25, 0.3) is 5.65 Å². The number of carbonyl (C=O) groups excluding carboxylic acids is 1. The van der Waals surface area contributed by atoms with E-state index < -0.39 is 11.9 Å². The van der Waals surface area contributed by atoms with Crippen molar-refractivity contribution in [3.8, 4) is 0 Å². The Morgan fingerprint density at radius 2 is 1.92 bits per heavy atom. The number of hydrogen-bond donors (Lipinski definition) is 1. The normalized spacial score (nSPS) is 16.8. The Hall–Kier alpha value is -2.09. The third-order valence-corrected chi connectivity index (χ3v) is 4.43. The molecule has 5 nitrogen and oxygen atoms in total. The molecule has 2 aromatic rings. The van der Waals surface area contributed by atoms with Gasteiger partial charge in [-0.2, -0.15) is 13.2 Å². The van der Waals surface area contributed by atoms with Gasteiger partial charge in [-0.05, 0) is 38.1 Å². The molecule has 0 bridgehead atoms. The Morgan fingerprint density at radius 3 is 2.60 bits per heavy atom. The van der Waals surface area contributed by atoms with Crippen molar-refractivity contribution in [1.29, 1.82) is 0 Å². The highest BCUT2D eigenvalue weighted by molar-refractivity contribution is 5.95. The van der Waals surface area contributed by atoms with Crippen LogP contribution in [-0.2, 0) is 6.18 Å². The van der Waals surface area contributed by atoms with Crippen LogP contribution >= 0.6 is 0 Å². The molecular formula is C17H21F3N4O. The summed E-state index contributed by atoms with van der Waals surface area (Å²) in [4.78, 5) is 18.1. The fourth-order valence-corrected chi connectivity index (χ4v) is 3.05. The Morgan fingerprint density at radius 1 is 1.20 bits per heavy atom. The van der Waals surface area contributed by atoms with Crippen molar-refractivity contribution in [2.45, 2.75) is 31.9 Å². The average molecular weight is 354 g/mol. The Labute approximate surface area is 143 Å². The Kier molecular flexibility index (Phi) is 5.27.